The minimum absolute atomic E-state index is 0.0943. The van der Waals surface area contributed by atoms with Crippen molar-refractivity contribution in [2.45, 2.75) is 13.5 Å². The number of hydrogen-bond acceptors (Lipinski definition) is 4. The second-order valence-corrected chi connectivity index (χ2v) is 6.23. The molecule has 2 N–H and O–H groups in total. The fourth-order valence-corrected chi connectivity index (χ4v) is 2.58. The molecule has 0 bridgehead atoms. The van der Waals surface area contributed by atoms with E-state index in [1.54, 1.807) is 0 Å². The predicted molar refractivity (Wildman–Crippen MR) is 96.8 cm³/mol. The zero-order valence-corrected chi connectivity index (χ0v) is 14.7. The molecule has 134 valence electrons. The maximum atomic E-state index is 12.1. The lowest BCUT2D eigenvalue weighted by molar-refractivity contribution is -0.126. The van der Waals surface area contributed by atoms with Crippen molar-refractivity contribution in [3.8, 4) is 11.5 Å². The minimum Gasteiger partial charge on any atom is -0.503 e. The van der Waals surface area contributed by atoms with E-state index < -0.39 is 17.6 Å². The van der Waals surface area contributed by atoms with Crippen LogP contribution in [-0.4, -0.2) is 35.4 Å². The summed E-state index contributed by atoms with van der Waals surface area (Å²) >= 11 is 0. The van der Waals surface area contributed by atoms with Crippen LogP contribution in [0.1, 0.15) is 11.1 Å². The molecular weight excluding hydrogens is 332 g/mol. The summed E-state index contributed by atoms with van der Waals surface area (Å²) in [6.07, 6.45) is 0. The van der Waals surface area contributed by atoms with Crippen LogP contribution in [0.15, 0.2) is 59.9 Å². The Bertz CT molecular complexity index is 854. The van der Waals surface area contributed by atoms with Crippen LogP contribution in [0, 0.1) is 6.92 Å². The van der Waals surface area contributed by atoms with Gasteiger partial charge in [-0.3, -0.25) is 9.59 Å². The molecule has 6 heteroatoms. The molecule has 3 rings (SSSR count). The largest absolute Gasteiger partial charge is 0.503 e. The third-order valence-electron chi connectivity index (χ3n) is 4.14. The van der Waals surface area contributed by atoms with Gasteiger partial charge in [-0.05, 0) is 36.8 Å². The summed E-state index contributed by atoms with van der Waals surface area (Å²) in [7, 11) is 1.53. The predicted octanol–water partition coefficient (Wildman–Crippen LogP) is 2.69. The number of amides is 2. The van der Waals surface area contributed by atoms with E-state index >= 15 is 0 Å². The standard InChI is InChI=1S/C20H20N2O4/c1-13-3-7-15(8-4-13)26-16-9-5-14(6-10-16)11-21-19(24)17-12-22(2)20(25)18(17)23/h3-10,23H,11-12H2,1-2H3,(H,21,24). The lowest BCUT2D eigenvalue weighted by Crippen LogP contribution is -2.27. The molecule has 0 fully saturated rings. The van der Waals surface area contributed by atoms with Gasteiger partial charge in [0.05, 0.1) is 12.1 Å². The van der Waals surface area contributed by atoms with Gasteiger partial charge in [-0.25, -0.2) is 0 Å². The molecule has 2 aromatic carbocycles. The van der Waals surface area contributed by atoms with E-state index in [9.17, 15) is 14.7 Å². The quantitative estimate of drug-likeness (QED) is 0.867. The highest BCUT2D eigenvalue weighted by Gasteiger charge is 2.31. The van der Waals surface area contributed by atoms with Crippen molar-refractivity contribution in [2.75, 3.05) is 13.6 Å². The Morgan fingerprint density at radius 1 is 1.12 bits per heavy atom. The van der Waals surface area contributed by atoms with Crippen LogP contribution in [0.2, 0.25) is 0 Å². The number of aliphatic hydroxyl groups is 1. The number of likely N-dealkylation sites (N-methyl/N-ethyl adjacent to an activating group) is 1. The molecule has 1 aliphatic heterocycles. The molecule has 6 nitrogen and oxygen atoms in total. The molecule has 1 aliphatic rings. The van der Waals surface area contributed by atoms with Crippen molar-refractivity contribution >= 4 is 11.8 Å². The number of nitrogens with zero attached hydrogens (tertiary/aromatic N) is 1. The van der Waals surface area contributed by atoms with E-state index in [0.29, 0.717) is 12.3 Å². The van der Waals surface area contributed by atoms with Gasteiger partial charge >= 0.3 is 0 Å². The second-order valence-electron chi connectivity index (χ2n) is 6.23. The van der Waals surface area contributed by atoms with Gasteiger partial charge in [-0.2, -0.15) is 0 Å². The number of carbonyl (C=O) groups is 2. The average Bonchev–Trinajstić information content (AvgIpc) is 2.90. The summed E-state index contributed by atoms with van der Waals surface area (Å²) in [5, 5.41) is 12.4. The summed E-state index contributed by atoms with van der Waals surface area (Å²) < 4.78 is 5.76. The summed E-state index contributed by atoms with van der Waals surface area (Å²) in [4.78, 5) is 24.9. The fourth-order valence-electron chi connectivity index (χ4n) is 2.58. The molecule has 2 aromatic rings. The fraction of sp³-hybridized carbons (Fsp3) is 0.200. The molecule has 0 unspecified atom stereocenters. The van der Waals surface area contributed by atoms with E-state index in [4.69, 9.17) is 4.74 Å². The molecule has 1 heterocycles. The molecule has 2 amide bonds. The van der Waals surface area contributed by atoms with E-state index in [2.05, 4.69) is 5.32 Å². The Hall–Kier alpha value is -3.28. The highest BCUT2D eigenvalue weighted by Crippen LogP contribution is 2.22. The number of ether oxygens (including phenoxy) is 1. The first kappa shape index (κ1) is 17.5. The van der Waals surface area contributed by atoms with E-state index in [0.717, 1.165) is 11.3 Å². The smallest absolute Gasteiger partial charge is 0.289 e. The minimum atomic E-state index is -0.534. The monoisotopic (exact) mass is 352 g/mol. The van der Waals surface area contributed by atoms with Crippen LogP contribution >= 0.6 is 0 Å². The number of rotatable bonds is 5. The Labute approximate surface area is 151 Å². The number of carbonyl (C=O) groups excluding carboxylic acids is 2. The van der Waals surface area contributed by atoms with E-state index in [-0.39, 0.29) is 12.1 Å². The van der Waals surface area contributed by atoms with Crippen LogP contribution in [0.5, 0.6) is 11.5 Å². The van der Waals surface area contributed by atoms with Gasteiger partial charge < -0.3 is 20.1 Å². The van der Waals surface area contributed by atoms with Gasteiger partial charge in [0.25, 0.3) is 11.8 Å². The first-order chi connectivity index (χ1) is 12.4. The summed E-state index contributed by atoms with van der Waals surface area (Å²) in [6.45, 7) is 2.42. The molecule has 0 spiro atoms. The van der Waals surface area contributed by atoms with Crippen LogP contribution in [0.25, 0.3) is 0 Å². The van der Waals surface area contributed by atoms with E-state index in [1.807, 2.05) is 55.5 Å². The van der Waals surface area contributed by atoms with Crippen LogP contribution in [0.4, 0.5) is 0 Å². The molecular formula is C20H20N2O4. The van der Waals surface area contributed by atoms with Crippen molar-refractivity contribution in [3.63, 3.8) is 0 Å². The van der Waals surface area contributed by atoms with Gasteiger partial charge in [-0.15, -0.1) is 0 Å². The Balaban J connectivity index is 1.57. The highest BCUT2D eigenvalue weighted by molar-refractivity contribution is 6.06. The van der Waals surface area contributed by atoms with Gasteiger partial charge in [0.15, 0.2) is 5.76 Å². The third kappa shape index (κ3) is 3.85. The molecule has 26 heavy (non-hydrogen) atoms. The maximum absolute atomic E-state index is 12.1. The first-order valence-electron chi connectivity index (χ1n) is 8.23. The molecule has 0 saturated carbocycles. The summed E-state index contributed by atoms with van der Waals surface area (Å²) in [5.74, 6) is 0.00108. The van der Waals surface area contributed by atoms with Crippen LogP contribution in [-0.2, 0) is 16.1 Å². The van der Waals surface area contributed by atoms with Gasteiger partial charge in [0, 0.05) is 13.6 Å². The SMILES string of the molecule is Cc1ccc(Oc2ccc(CNC(=O)C3=C(O)C(=O)N(C)C3)cc2)cc1. The Kier molecular flexibility index (Phi) is 4.93. The van der Waals surface area contributed by atoms with Crippen molar-refractivity contribution in [1.29, 1.82) is 0 Å². The number of aliphatic hydroxyl groups excluding tert-OH is 1. The zero-order valence-electron chi connectivity index (χ0n) is 14.7. The number of benzene rings is 2. The van der Waals surface area contributed by atoms with Crippen molar-refractivity contribution in [1.82, 2.24) is 10.2 Å². The number of nitrogens with one attached hydrogen (secondary N) is 1. The van der Waals surface area contributed by atoms with E-state index in [1.165, 1.54) is 17.5 Å². The molecule has 0 aliphatic carbocycles. The molecule has 0 saturated heterocycles. The van der Waals surface area contributed by atoms with Gasteiger partial charge in [-0.1, -0.05) is 29.8 Å². The van der Waals surface area contributed by atoms with Crippen molar-refractivity contribution < 1.29 is 19.4 Å². The van der Waals surface area contributed by atoms with Crippen molar-refractivity contribution in [3.05, 3.63) is 71.0 Å². The topological polar surface area (TPSA) is 78.9 Å². The average molecular weight is 352 g/mol. The first-order valence-corrected chi connectivity index (χ1v) is 8.23. The van der Waals surface area contributed by atoms with Crippen molar-refractivity contribution in [2.24, 2.45) is 0 Å². The maximum Gasteiger partial charge on any atom is 0.289 e. The number of hydrogen-bond donors (Lipinski definition) is 2. The molecule has 0 aromatic heterocycles. The third-order valence-corrected chi connectivity index (χ3v) is 4.14. The lowest BCUT2D eigenvalue weighted by Gasteiger charge is -2.09. The zero-order chi connectivity index (χ0) is 18.7. The number of aryl methyl sites for hydroxylation is 1. The highest BCUT2D eigenvalue weighted by atomic mass is 16.5. The summed E-state index contributed by atoms with van der Waals surface area (Å²) in [5.41, 5.74) is 2.14. The van der Waals surface area contributed by atoms with Gasteiger partial charge in [0.2, 0.25) is 0 Å². The van der Waals surface area contributed by atoms with Crippen LogP contribution in [0.3, 0.4) is 0 Å². The normalized spacial score (nSPS) is 13.9. The summed E-state index contributed by atoms with van der Waals surface area (Å²) in [6, 6.07) is 15.1. The lowest BCUT2D eigenvalue weighted by atomic mass is 10.2. The Morgan fingerprint density at radius 2 is 1.69 bits per heavy atom. The molecule has 0 radical (unpaired) electrons. The van der Waals surface area contributed by atoms with Crippen LogP contribution < -0.4 is 10.1 Å². The van der Waals surface area contributed by atoms with Gasteiger partial charge in [0.1, 0.15) is 11.5 Å². The molecule has 0 atom stereocenters. The second kappa shape index (κ2) is 7.31. The Morgan fingerprint density at radius 3 is 2.23 bits per heavy atom.